The van der Waals surface area contributed by atoms with Gasteiger partial charge in [-0.25, -0.2) is 9.48 Å². The average Bonchev–Trinajstić information content (AvgIpc) is 3.20. The van der Waals surface area contributed by atoms with Gasteiger partial charge in [0, 0.05) is 26.3 Å². The molecule has 0 unspecified atom stereocenters. The molecule has 3 aromatic rings. The quantitative estimate of drug-likeness (QED) is 0.646. The maximum absolute atomic E-state index is 12.9. The molecule has 0 fully saturated rings. The number of hydrogen-bond acceptors (Lipinski definition) is 4. The average molecular weight is 356 g/mol. The van der Waals surface area contributed by atoms with Crippen LogP contribution in [0.25, 0.3) is 17.1 Å². The Morgan fingerprint density at radius 1 is 1.12 bits per heavy atom. The zero-order valence-corrected chi connectivity index (χ0v) is 15.9. The number of imidazole rings is 1. The maximum Gasteiger partial charge on any atom is 0.332 e. The van der Waals surface area contributed by atoms with E-state index in [1.165, 1.54) is 9.13 Å². The molecule has 0 saturated heterocycles. The fourth-order valence-electron chi connectivity index (χ4n) is 3.07. The summed E-state index contributed by atoms with van der Waals surface area (Å²) in [5.41, 5.74) is 2.01. The van der Waals surface area contributed by atoms with Crippen LogP contribution in [0.4, 0.5) is 0 Å². The van der Waals surface area contributed by atoms with Crippen LogP contribution in [0.5, 0.6) is 0 Å². The highest BCUT2D eigenvalue weighted by atomic mass is 16.2. The highest BCUT2D eigenvalue weighted by Gasteiger charge is 2.20. The van der Waals surface area contributed by atoms with Crippen molar-refractivity contribution < 1.29 is 0 Å². The molecule has 0 aliphatic rings. The van der Waals surface area contributed by atoms with Crippen LogP contribution in [-0.2, 0) is 33.5 Å². The summed E-state index contributed by atoms with van der Waals surface area (Å²) in [7, 11) is 3.41. The number of hydrogen-bond donors (Lipinski definition) is 0. The van der Waals surface area contributed by atoms with E-state index in [-0.39, 0.29) is 17.8 Å². The van der Waals surface area contributed by atoms with Gasteiger partial charge in [-0.3, -0.25) is 13.9 Å². The second-order valence-electron chi connectivity index (χ2n) is 6.22. The molecule has 0 atom stereocenters. The van der Waals surface area contributed by atoms with Gasteiger partial charge in [0.2, 0.25) is 5.95 Å². The Labute approximate surface area is 151 Å². The Morgan fingerprint density at radius 2 is 1.85 bits per heavy atom. The SMILES string of the molecule is CC=CCn1c(=O)c2c(nc(-n3nc(CC)cc3CC)n2C)n(C)c1=O. The molecule has 0 aromatic carbocycles. The van der Waals surface area contributed by atoms with Crippen LogP contribution in [0.1, 0.15) is 32.2 Å². The van der Waals surface area contributed by atoms with Crippen LogP contribution >= 0.6 is 0 Å². The summed E-state index contributed by atoms with van der Waals surface area (Å²) in [6.45, 7) is 6.19. The lowest BCUT2D eigenvalue weighted by molar-refractivity contribution is 0.664. The van der Waals surface area contributed by atoms with E-state index in [0.717, 1.165) is 24.2 Å². The number of nitrogens with zero attached hydrogens (tertiary/aromatic N) is 6. The zero-order chi connectivity index (χ0) is 19.0. The number of aromatic nitrogens is 6. The largest absolute Gasteiger partial charge is 0.332 e. The van der Waals surface area contributed by atoms with E-state index in [1.54, 1.807) is 29.4 Å². The van der Waals surface area contributed by atoms with Gasteiger partial charge in [-0.05, 0) is 25.8 Å². The molecule has 26 heavy (non-hydrogen) atoms. The molecular formula is C18H24N6O2. The third kappa shape index (κ3) is 2.61. The van der Waals surface area contributed by atoms with E-state index in [9.17, 15) is 9.59 Å². The van der Waals surface area contributed by atoms with Gasteiger partial charge in [-0.15, -0.1) is 0 Å². The summed E-state index contributed by atoms with van der Waals surface area (Å²) in [5.74, 6) is 0.535. The Balaban J connectivity index is 2.35. The van der Waals surface area contributed by atoms with E-state index in [0.29, 0.717) is 17.1 Å². The lowest BCUT2D eigenvalue weighted by Gasteiger charge is -2.07. The molecule has 0 spiro atoms. The van der Waals surface area contributed by atoms with Crippen molar-refractivity contribution >= 4 is 11.2 Å². The lowest BCUT2D eigenvalue weighted by atomic mass is 10.3. The molecule has 0 radical (unpaired) electrons. The van der Waals surface area contributed by atoms with Gasteiger partial charge in [0.15, 0.2) is 11.2 Å². The molecule has 0 bridgehead atoms. The summed E-state index contributed by atoms with van der Waals surface area (Å²) in [6.07, 6.45) is 5.20. The molecule has 3 heterocycles. The van der Waals surface area contributed by atoms with Gasteiger partial charge < -0.3 is 4.57 Å². The number of fused-ring (bicyclic) bond motifs is 1. The van der Waals surface area contributed by atoms with E-state index >= 15 is 0 Å². The number of allylic oxidation sites excluding steroid dienone is 2. The minimum Gasteiger partial charge on any atom is -0.306 e. The van der Waals surface area contributed by atoms with E-state index < -0.39 is 0 Å². The summed E-state index contributed by atoms with van der Waals surface area (Å²) >= 11 is 0. The minimum atomic E-state index is -0.379. The van der Waals surface area contributed by atoms with Crippen molar-refractivity contribution in [3.63, 3.8) is 0 Å². The second-order valence-corrected chi connectivity index (χ2v) is 6.22. The lowest BCUT2D eigenvalue weighted by Crippen LogP contribution is -2.39. The van der Waals surface area contributed by atoms with Crippen molar-refractivity contribution in [1.29, 1.82) is 0 Å². The first kappa shape index (κ1) is 17.9. The van der Waals surface area contributed by atoms with Gasteiger partial charge in [0.05, 0.1) is 5.69 Å². The van der Waals surface area contributed by atoms with E-state index in [4.69, 9.17) is 0 Å². The summed E-state index contributed by atoms with van der Waals surface area (Å²) in [6, 6.07) is 2.04. The maximum atomic E-state index is 12.9. The molecular weight excluding hydrogens is 332 g/mol. The van der Waals surface area contributed by atoms with Gasteiger partial charge in [-0.1, -0.05) is 26.0 Å². The molecule has 0 aliphatic carbocycles. The fourth-order valence-corrected chi connectivity index (χ4v) is 3.07. The molecule has 8 heteroatoms. The Bertz CT molecular complexity index is 1110. The molecule has 0 amide bonds. The summed E-state index contributed by atoms with van der Waals surface area (Å²) in [4.78, 5) is 30.1. The van der Waals surface area contributed by atoms with Crippen molar-refractivity contribution in [3.05, 3.63) is 50.4 Å². The first-order chi connectivity index (χ1) is 12.4. The molecule has 3 aromatic heterocycles. The van der Waals surface area contributed by atoms with Crippen LogP contribution < -0.4 is 11.2 Å². The van der Waals surface area contributed by atoms with Crippen LogP contribution in [0.2, 0.25) is 0 Å². The molecule has 0 aliphatic heterocycles. The number of aryl methyl sites for hydroxylation is 4. The summed E-state index contributed by atoms with van der Waals surface area (Å²) in [5, 5.41) is 4.61. The number of rotatable bonds is 5. The van der Waals surface area contributed by atoms with Crippen LogP contribution in [0.15, 0.2) is 27.8 Å². The summed E-state index contributed by atoms with van der Waals surface area (Å²) < 4.78 is 6.11. The van der Waals surface area contributed by atoms with Gasteiger partial charge in [0.25, 0.3) is 5.56 Å². The topological polar surface area (TPSA) is 79.6 Å². The van der Waals surface area contributed by atoms with E-state index in [1.807, 2.05) is 26.0 Å². The van der Waals surface area contributed by atoms with Crippen molar-refractivity contribution in [1.82, 2.24) is 28.5 Å². The first-order valence-corrected chi connectivity index (χ1v) is 8.80. The minimum absolute atomic E-state index is 0.237. The van der Waals surface area contributed by atoms with Crippen molar-refractivity contribution in [2.45, 2.75) is 40.2 Å². The Hall–Kier alpha value is -2.90. The Morgan fingerprint density at radius 3 is 2.46 bits per heavy atom. The van der Waals surface area contributed by atoms with Gasteiger partial charge in [0.1, 0.15) is 0 Å². The Kier molecular flexibility index (Phi) is 4.67. The third-order valence-electron chi connectivity index (χ3n) is 4.61. The molecule has 0 saturated carbocycles. The van der Waals surface area contributed by atoms with Crippen molar-refractivity contribution in [2.24, 2.45) is 14.1 Å². The van der Waals surface area contributed by atoms with Gasteiger partial charge in [-0.2, -0.15) is 10.1 Å². The monoisotopic (exact) mass is 356 g/mol. The van der Waals surface area contributed by atoms with Crippen LogP contribution in [-0.4, -0.2) is 28.5 Å². The predicted octanol–water partition coefficient (Wildman–Crippen LogP) is 1.32. The van der Waals surface area contributed by atoms with Crippen molar-refractivity contribution in [2.75, 3.05) is 0 Å². The molecule has 138 valence electrons. The molecule has 8 nitrogen and oxygen atoms in total. The normalized spacial score (nSPS) is 11.9. The smallest absolute Gasteiger partial charge is 0.306 e. The standard InChI is InChI=1S/C18H24N6O2/c1-6-9-10-23-16(25)14-15(22(5)18(23)26)19-17(21(14)4)24-13(8-3)11-12(7-2)20-24/h6,9,11H,7-8,10H2,1-5H3. The highest BCUT2D eigenvalue weighted by Crippen LogP contribution is 2.16. The van der Waals surface area contributed by atoms with Gasteiger partial charge >= 0.3 is 5.69 Å². The molecule has 0 N–H and O–H groups in total. The molecule has 3 rings (SSSR count). The second kappa shape index (κ2) is 6.78. The van der Waals surface area contributed by atoms with E-state index in [2.05, 4.69) is 17.0 Å². The van der Waals surface area contributed by atoms with Crippen molar-refractivity contribution in [3.8, 4) is 5.95 Å². The van der Waals surface area contributed by atoms with Crippen LogP contribution in [0.3, 0.4) is 0 Å². The first-order valence-electron chi connectivity index (χ1n) is 8.80. The predicted molar refractivity (Wildman–Crippen MR) is 101 cm³/mol. The fraction of sp³-hybridized carbons (Fsp3) is 0.444. The third-order valence-corrected chi connectivity index (χ3v) is 4.61. The van der Waals surface area contributed by atoms with Crippen LogP contribution in [0, 0.1) is 0 Å². The highest BCUT2D eigenvalue weighted by molar-refractivity contribution is 5.72. The zero-order valence-electron chi connectivity index (χ0n) is 15.9.